The lowest BCUT2D eigenvalue weighted by Gasteiger charge is -2.22. The second-order valence-electron chi connectivity index (χ2n) is 6.78. The van der Waals surface area contributed by atoms with Crippen LogP contribution in [0.25, 0.3) is 0 Å². The van der Waals surface area contributed by atoms with E-state index in [1.54, 1.807) is 4.90 Å². The number of aryl methyl sites for hydroxylation is 1. The first-order chi connectivity index (χ1) is 10.9. The molecule has 1 saturated heterocycles. The van der Waals surface area contributed by atoms with E-state index in [1.165, 1.54) is 5.56 Å². The molecule has 2 rings (SSSR count). The zero-order valence-corrected chi connectivity index (χ0v) is 15.1. The largest absolute Gasteiger partial charge is 0.323 e. The Morgan fingerprint density at radius 2 is 2.26 bits per heavy atom. The van der Waals surface area contributed by atoms with Crippen molar-refractivity contribution in [2.75, 3.05) is 29.9 Å². The predicted octanol–water partition coefficient (Wildman–Crippen LogP) is 2.90. The van der Waals surface area contributed by atoms with Crippen LogP contribution in [0.1, 0.15) is 32.8 Å². The highest BCUT2D eigenvalue weighted by atomic mass is 32.2. The summed E-state index contributed by atoms with van der Waals surface area (Å²) in [4.78, 5) is 18.4. The van der Waals surface area contributed by atoms with Gasteiger partial charge in [0.1, 0.15) is 5.82 Å². The van der Waals surface area contributed by atoms with Crippen molar-refractivity contribution in [2.24, 2.45) is 11.8 Å². The molecule has 2 heterocycles. The number of carbonyl (C=O) groups is 1. The van der Waals surface area contributed by atoms with Crippen molar-refractivity contribution in [1.82, 2.24) is 9.88 Å². The van der Waals surface area contributed by atoms with Gasteiger partial charge in [-0.05, 0) is 36.3 Å². The van der Waals surface area contributed by atoms with Gasteiger partial charge in [-0.2, -0.15) is 0 Å². The molecule has 23 heavy (non-hydrogen) atoms. The van der Waals surface area contributed by atoms with Crippen molar-refractivity contribution in [3.63, 3.8) is 0 Å². The highest BCUT2D eigenvalue weighted by Crippen LogP contribution is 2.13. The van der Waals surface area contributed by atoms with Crippen LogP contribution in [0.4, 0.5) is 10.6 Å². The molecule has 0 aliphatic carbocycles. The zero-order chi connectivity index (χ0) is 16.8. The van der Waals surface area contributed by atoms with E-state index in [-0.39, 0.29) is 11.9 Å². The lowest BCUT2D eigenvalue weighted by molar-refractivity contribution is 0.209. The van der Waals surface area contributed by atoms with Crippen LogP contribution in [0.2, 0.25) is 0 Å². The number of amides is 2. The fraction of sp³-hybridized carbons (Fsp3) is 0.647. The fourth-order valence-electron chi connectivity index (χ4n) is 2.61. The summed E-state index contributed by atoms with van der Waals surface area (Å²) in [6, 6.07) is 3.72. The van der Waals surface area contributed by atoms with Crippen molar-refractivity contribution in [1.29, 1.82) is 0 Å². The summed E-state index contributed by atoms with van der Waals surface area (Å²) >= 11 is 0. The Bertz CT molecular complexity index is 545. The number of hydrogen-bond donors (Lipinski definition) is 1. The van der Waals surface area contributed by atoms with Gasteiger partial charge in [0.15, 0.2) is 0 Å². The highest BCUT2D eigenvalue weighted by molar-refractivity contribution is 7.85. The molecular formula is C17H27N3O2S. The lowest BCUT2D eigenvalue weighted by Crippen LogP contribution is -2.38. The second kappa shape index (κ2) is 8.43. The molecule has 0 spiro atoms. The summed E-state index contributed by atoms with van der Waals surface area (Å²) in [6.45, 7) is 7.62. The van der Waals surface area contributed by atoms with Gasteiger partial charge in [-0.1, -0.05) is 26.8 Å². The molecule has 6 heteroatoms. The van der Waals surface area contributed by atoms with Crippen LogP contribution in [-0.4, -0.2) is 44.7 Å². The van der Waals surface area contributed by atoms with E-state index in [2.05, 4.69) is 24.1 Å². The first-order valence-electron chi connectivity index (χ1n) is 8.30. The number of hydrogen-bond acceptors (Lipinski definition) is 3. The molecule has 128 valence electrons. The third kappa shape index (κ3) is 5.94. The Labute approximate surface area is 141 Å². The molecule has 0 aromatic carbocycles. The van der Waals surface area contributed by atoms with Gasteiger partial charge in [0.2, 0.25) is 0 Å². The summed E-state index contributed by atoms with van der Waals surface area (Å²) in [6.07, 6.45) is 3.97. The van der Waals surface area contributed by atoms with Crippen LogP contribution in [-0.2, 0) is 17.2 Å². The minimum absolute atomic E-state index is 0.154. The number of urea groups is 1. The van der Waals surface area contributed by atoms with Gasteiger partial charge in [-0.15, -0.1) is 0 Å². The topological polar surface area (TPSA) is 62.3 Å². The van der Waals surface area contributed by atoms with E-state index >= 15 is 0 Å². The fourth-order valence-corrected chi connectivity index (χ4v) is 3.94. The van der Waals surface area contributed by atoms with Crippen molar-refractivity contribution in [3.8, 4) is 0 Å². The second-order valence-corrected chi connectivity index (χ2v) is 8.40. The quantitative estimate of drug-likeness (QED) is 0.919. The molecule has 5 nitrogen and oxygen atoms in total. The zero-order valence-electron chi connectivity index (χ0n) is 14.2. The van der Waals surface area contributed by atoms with E-state index in [0.29, 0.717) is 36.3 Å². The van der Waals surface area contributed by atoms with Crippen LogP contribution in [0, 0.1) is 11.8 Å². The molecule has 0 saturated carbocycles. The predicted molar refractivity (Wildman–Crippen MR) is 95.0 cm³/mol. The number of rotatable bonds is 4. The molecule has 0 bridgehead atoms. The average Bonchev–Trinajstić information content (AvgIpc) is 2.67. The van der Waals surface area contributed by atoms with Crippen molar-refractivity contribution >= 4 is 22.6 Å². The molecule has 2 amide bonds. The Morgan fingerprint density at radius 1 is 1.48 bits per heavy atom. The summed E-state index contributed by atoms with van der Waals surface area (Å²) in [5, 5.41) is 2.84. The minimum atomic E-state index is -0.818. The number of aromatic nitrogens is 1. The van der Waals surface area contributed by atoms with Crippen LogP contribution in [0.5, 0.6) is 0 Å². The number of anilines is 1. The molecule has 0 unspecified atom stereocenters. The van der Waals surface area contributed by atoms with Crippen LogP contribution < -0.4 is 5.32 Å². The van der Waals surface area contributed by atoms with Crippen molar-refractivity contribution < 1.29 is 9.00 Å². The first-order valence-corrected chi connectivity index (χ1v) is 9.78. The van der Waals surface area contributed by atoms with Gasteiger partial charge >= 0.3 is 6.03 Å². The molecule has 1 aliphatic rings. The average molecular weight is 337 g/mol. The van der Waals surface area contributed by atoms with Crippen molar-refractivity contribution in [2.45, 2.75) is 33.6 Å². The number of pyridine rings is 1. The lowest BCUT2D eigenvalue weighted by atomic mass is 10.0. The SMILES string of the molecule is CC(C)CCc1ccc(NC(=O)N2CC[S@@](=O)C[C@@H](C)C2)nc1. The third-order valence-electron chi connectivity index (χ3n) is 3.95. The van der Waals surface area contributed by atoms with Gasteiger partial charge < -0.3 is 4.90 Å². The van der Waals surface area contributed by atoms with E-state index in [0.717, 1.165) is 12.8 Å². The van der Waals surface area contributed by atoms with E-state index < -0.39 is 10.8 Å². The van der Waals surface area contributed by atoms with Crippen LogP contribution in [0.3, 0.4) is 0 Å². The summed E-state index contributed by atoms with van der Waals surface area (Å²) in [7, 11) is -0.818. The van der Waals surface area contributed by atoms with Gasteiger partial charge in [-0.3, -0.25) is 9.53 Å². The highest BCUT2D eigenvalue weighted by Gasteiger charge is 2.22. The third-order valence-corrected chi connectivity index (χ3v) is 5.53. The van der Waals surface area contributed by atoms with Crippen LogP contribution in [0.15, 0.2) is 18.3 Å². The molecule has 1 aromatic heterocycles. The molecule has 1 N–H and O–H groups in total. The van der Waals surface area contributed by atoms with Gasteiger partial charge in [0.05, 0.1) is 0 Å². The molecule has 2 atom stereocenters. The molecule has 0 radical (unpaired) electrons. The maximum atomic E-state index is 12.3. The normalized spacial score (nSPS) is 22.0. The van der Waals surface area contributed by atoms with Gasteiger partial charge in [0.25, 0.3) is 0 Å². The van der Waals surface area contributed by atoms with E-state index in [1.807, 2.05) is 25.3 Å². The minimum Gasteiger partial charge on any atom is -0.323 e. The van der Waals surface area contributed by atoms with E-state index in [9.17, 15) is 9.00 Å². The molecule has 1 aliphatic heterocycles. The van der Waals surface area contributed by atoms with Crippen LogP contribution >= 0.6 is 0 Å². The van der Waals surface area contributed by atoms with Gasteiger partial charge in [-0.25, -0.2) is 9.78 Å². The summed E-state index contributed by atoms with van der Waals surface area (Å²) in [5.74, 6) is 2.73. The Hall–Kier alpha value is -1.43. The Morgan fingerprint density at radius 3 is 2.91 bits per heavy atom. The molecule has 1 aromatic rings. The summed E-state index contributed by atoms with van der Waals surface area (Å²) in [5.41, 5.74) is 1.19. The van der Waals surface area contributed by atoms with Crippen molar-refractivity contribution in [3.05, 3.63) is 23.9 Å². The van der Waals surface area contributed by atoms with E-state index in [4.69, 9.17) is 0 Å². The van der Waals surface area contributed by atoms with Gasteiger partial charge in [0, 0.05) is 41.6 Å². The maximum absolute atomic E-state index is 12.3. The Kier molecular flexibility index (Phi) is 6.57. The number of carbonyl (C=O) groups excluding carboxylic acids is 1. The first kappa shape index (κ1) is 17.9. The monoisotopic (exact) mass is 337 g/mol. The maximum Gasteiger partial charge on any atom is 0.323 e. The Balaban J connectivity index is 1.90. The smallest absolute Gasteiger partial charge is 0.323 e. The molecular weight excluding hydrogens is 310 g/mol. The number of nitrogens with one attached hydrogen (secondary N) is 1. The number of nitrogens with zero attached hydrogens (tertiary/aromatic N) is 2. The summed E-state index contributed by atoms with van der Waals surface area (Å²) < 4.78 is 11.7. The standard InChI is InChI=1S/C17H27N3O2S/c1-13(2)4-5-15-6-7-16(18-10-15)19-17(21)20-8-9-23(22)12-14(3)11-20/h6-7,10,13-14H,4-5,8-9,11-12H2,1-3H3,(H,18,19,21)/t14-,23+/m0/s1. The molecule has 1 fully saturated rings.